The number of hydrogen-bond donors (Lipinski definition) is 2. The zero-order chi connectivity index (χ0) is 16.2. The van der Waals surface area contributed by atoms with E-state index in [-0.39, 0.29) is 5.91 Å². The van der Waals surface area contributed by atoms with Crippen LogP contribution in [-0.2, 0) is 4.79 Å². The van der Waals surface area contributed by atoms with Crippen molar-refractivity contribution in [3.63, 3.8) is 0 Å². The minimum Gasteiger partial charge on any atom is -0.378 e. The van der Waals surface area contributed by atoms with Gasteiger partial charge in [0.15, 0.2) is 0 Å². The number of para-hydroxylation sites is 1. The number of anilines is 2. The first-order valence-electron chi connectivity index (χ1n) is 7.33. The smallest absolute Gasteiger partial charge is 0.276 e. The van der Waals surface area contributed by atoms with Gasteiger partial charge in [-0.3, -0.25) is 10.1 Å². The van der Waals surface area contributed by atoms with Crippen LogP contribution in [0.15, 0.2) is 65.3 Å². The Morgan fingerprint density at radius 3 is 2.39 bits per heavy atom. The summed E-state index contributed by atoms with van der Waals surface area (Å²) in [5, 5.41) is 5.81. The molecule has 0 unspecified atom stereocenters. The van der Waals surface area contributed by atoms with Gasteiger partial charge in [-0.05, 0) is 35.9 Å². The lowest BCUT2D eigenvalue weighted by Crippen LogP contribution is -2.29. The van der Waals surface area contributed by atoms with E-state index in [9.17, 15) is 4.79 Å². The molecule has 0 radical (unpaired) electrons. The Morgan fingerprint density at radius 1 is 1.04 bits per heavy atom. The van der Waals surface area contributed by atoms with Gasteiger partial charge >= 0.3 is 0 Å². The van der Waals surface area contributed by atoms with Gasteiger partial charge in [-0.15, -0.1) is 0 Å². The summed E-state index contributed by atoms with van der Waals surface area (Å²) in [5.74, 6) is 0.234. The van der Waals surface area contributed by atoms with Gasteiger partial charge in [0, 0.05) is 25.5 Å². The van der Waals surface area contributed by atoms with Crippen LogP contribution in [0.25, 0.3) is 6.08 Å². The fourth-order valence-electron chi connectivity index (χ4n) is 2.21. The number of carbonyl (C=O) groups excluding carboxylic acids is 1. The molecule has 1 aliphatic heterocycles. The number of amides is 1. The Balaban J connectivity index is 1.77. The third-order valence-electron chi connectivity index (χ3n) is 3.45. The molecule has 0 aliphatic carbocycles. The van der Waals surface area contributed by atoms with E-state index in [1.165, 1.54) is 0 Å². The first-order chi connectivity index (χ1) is 11.1. The molecule has 5 nitrogen and oxygen atoms in total. The molecule has 2 N–H and O–H groups in total. The normalized spacial score (nSPS) is 15.3. The number of aliphatic imine (C=N–C) groups is 1. The highest BCUT2D eigenvalue weighted by Crippen LogP contribution is 2.17. The van der Waals surface area contributed by atoms with Crippen LogP contribution in [0.2, 0.25) is 0 Å². The third-order valence-corrected chi connectivity index (χ3v) is 3.45. The minimum absolute atomic E-state index is 0.208. The molecule has 1 aliphatic rings. The van der Waals surface area contributed by atoms with Crippen LogP contribution in [0, 0.1) is 0 Å². The van der Waals surface area contributed by atoms with E-state index < -0.39 is 0 Å². The Labute approximate surface area is 135 Å². The summed E-state index contributed by atoms with van der Waals surface area (Å²) < 4.78 is 0. The van der Waals surface area contributed by atoms with Gasteiger partial charge < -0.3 is 10.2 Å². The van der Waals surface area contributed by atoms with Crippen molar-refractivity contribution in [3.8, 4) is 0 Å². The molecule has 0 atom stereocenters. The highest BCUT2D eigenvalue weighted by atomic mass is 16.2. The van der Waals surface area contributed by atoms with Gasteiger partial charge in [0.1, 0.15) is 5.70 Å². The van der Waals surface area contributed by atoms with Crippen LogP contribution < -0.4 is 15.5 Å². The third kappa shape index (κ3) is 3.58. The van der Waals surface area contributed by atoms with Crippen molar-refractivity contribution in [2.45, 2.75) is 0 Å². The maximum absolute atomic E-state index is 12.0. The predicted molar refractivity (Wildman–Crippen MR) is 94.4 cm³/mol. The van der Waals surface area contributed by atoms with Gasteiger partial charge in [-0.1, -0.05) is 30.3 Å². The second kappa shape index (κ2) is 6.36. The van der Waals surface area contributed by atoms with Crippen molar-refractivity contribution < 1.29 is 4.79 Å². The van der Waals surface area contributed by atoms with Crippen molar-refractivity contribution >= 4 is 29.3 Å². The summed E-state index contributed by atoms with van der Waals surface area (Å²) in [6.07, 6.45) is 1.77. The molecule has 0 fully saturated rings. The maximum Gasteiger partial charge on any atom is 0.276 e. The molecule has 3 rings (SSSR count). The molecule has 116 valence electrons. The van der Waals surface area contributed by atoms with E-state index in [1.54, 1.807) is 6.08 Å². The van der Waals surface area contributed by atoms with E-state index >= 15 is 0 Å². The molecule has 1 heterocycles. The number of nitrogens with zero attached hydrogens (tertiary/aromatic N) is 2. The SMILES string of the molecule is CN(C)c1ccc(/C=C2\N=C(Nc3ccccc3)NC2=O)cc1. The van der Waals surface area contributed by atoms with E-state index in [1.807, 2.05) is 73.6 Å². The Bertz CT molecular complexity index is 761. The van der Waals surface area contributed by atoms with Crippen LogP contribution in [-0.4, -0.2) is 26.0 Å². The Hall–Kier alpha value is -3.08. The van der Waals surface area contributed by atoms with Crippen LogP contribution in [0.4, 0.5) is 11.4 Å². The summed E-state index contributed by atoms with van der Waals surface area (Å²) in [4.78, 5) is 18.4. The molecule has 0 spiro atoms. The van der Waals surface area contributed by atoms with Crippen molar-refractivity contribution in [1.29, 1.82) is 0 Å². The summed E-state index contributed by atoms with van der Waals surface area (Å²) in [6, 6.07) is 17.5. The van der Waals surface area contributed by atoms with Gasteiger partial charge in [-0.2, -0.15) is 0 Å². The summed E-state index contributed by atoms with van der Waals surface area (Å²) >= 11 is 0. The monoisotopic (exact) mass is 306 g/mol. The Kier molecular flexibility index (Phi) is 4.10. The first kappa shape index (κ1) is 14.8. The fourth-order valence-corrected chi connectivity index (χ4v) is 2.21. The topological polar surface area (TPSA) is 56.7 Å². The summed E-state index contributed by atoms with van der Waals surface area (Å²) in [6.45, 7) is 0. The highest BCUT2D eigenvalue weighted by molar-refractivity contribution is 6.17. The number of benzene rings is 2. The van der Waals surface area contributed by atoms with Gasteiger partial charge in [-0.25, -0.2) is 4.99 Å². The molecule has 23 heavy (non-hydrogen) atoms. The van der Waals surface area contributed by atoms with E-state index in [2.05, 4.69) is 15.6 Å². The van der Waals surface area contributed by atoms with Crippen molar-refractivity contribution in [2.24, 2.45) is 4.99 Å². The molecule has 0 saturated heterocycles. The second-order valence-electron chi connectivity index (χ2n) is 5.42. The van der Waals surface area contributed by atoms with E-state index in [0.29, 0.717) is 11.7 Å². The zero-order valence-electron chi connectivity index (χ0n) is 13.1. The van der Waals surface area contributed by atoms with Crippen LogP contribution in [0.3, 0.4) is 0 Å². The molecular formula is C18H18N4O. The Morgan fingerprint density at radius 2 is 1.74 bits per heavy atom. The molecule has 1 amide bonds. The number of rotatable bonds is 3. The molecule has 2 aromatic carbocycles. The van der Waals surface area contributed by atoms with Gasteiger partial charge in [0.25, 0.3) is 5.91 Å². The van der Waals surface area contributed by atoms with Crippen molar-refractivity contribution in [1.82, 2.24) is 5.32 Å². The second-order valence-corrected chi connectivity index (χ2v) is 5.42. The van der Waals surface area contributed by atoms with Crippen LogP contribution >= 0.6 is 0 Å². The lowest BCUT2D eigenvalue weighted by atomic mass is 10.1. The molecule has 5 heteroatoms. The molecule has 2 aromatic rings. The average molecular weight is 306 g/mol. The van der Waals surface area contributed by atoms with Crippen LogP contribution in [0.1, 0.15) is 5.56 Å². The number of guanidine groups is 1. The average Bonchev–Trinajstić information content (AvgIpc) is 2.88. The number of nitrogens with one attached hydrogen (secondary N) is 2. The molecule has 0 aromatic heterocycles. The minimum atomic E-state index is -0.208. The van der Waals surface area contributed by atoms with E-state index in [0.717, 1.165) is 16.9 Å². The molecule has 0 saturated carbocycles. The largest absolute Gasteiger partial charge is 0.378 e. The maximum atomic E-state index is 12.0. The number of carbonyl (C=O) groups is 1. The predicted octanol–water partition coefficient (Wildman–Crippen LogP) is 2.69. The van der Waals surface area contributed by atoms with Crippen molar-refractivity contribution in [3.05, 3.63) is 65.9 Å². The quantitative estimate of drug-likeness (QED) is 0.857. The van der Waals surface area contributed by atoms with Crippen molar-refractivity contribution in [2.75, 3.05) is 24.3 Å². The number of hydrogen-bond acceptors (Lipinski definition) is 4. The molecular weight excluding hydrogens is 288 g/mol. The molecule has 0 bridgehead atoms. The zero-order valence-corrected chi connectivity index (χ0v) is 13.1. The van der Waals surface area contributed by atoms with E-state index in [4.69, 9.17) is 0 Å². The highest BCUT2D eigenvalue weighted by Gasteiger charge is 2.19. The fraction of sp³-hybridized carbons (Fsp3) is 0.111. The summed E-state index contributed by atoms with van der Waals surface area (Å²) in [7, 11) is 3.98. The lowest BCUT2D eigenvalue weighted by molar-refractivity contribution is -0.115. The van der Waals surface area contributed by atoms with Gasteiger partial charge in [0.2, 0.25) is 5.96 Å². The standard InChI is InChI=1S/C18H18N4O/c1-22(2)15-10-8-13(9-11-15)12-16-17(23)21-18(20-16)19-14-6-4-3-5-7-14/h3-12H,1-2H3,(H2,19,20,21,23)/b16-12-. The summed E-state index contributed by atoms with van der Waals surface area (Å²) in [5.41, 5.74) is 3.31. The first-order valence-corrected chi connectivity index (χ1v) is 7.33. The van der Waals surface area contributed by atoms with Gasteiger partial charge in [0.05, 0.1) is 0 Å². The van der Waals surface area contributed by atoms with Crippen LogP contribution in [0.5, 0.6) is 0 Å². The lowest BCUT2D eigenvalue weighted by Gasteiger charge is -2.11.